The highest BCUT2D eigenvalue weighted by Gasteiger charge is 2.10. The van der Waals surface area contributed by atoms with E-state index in [9.17, 15) is 9.90 Å². The molecule has 1 aromatic heterocycles. The monoisotopic (exact) mass is 232 g/mol. The third-order valence-corrected chi connectivity index (χ3v) is 2.92. The van der Waals surface area contributed by atoms with Crippen LogP contribution in [0.25, 0.3) is 10.9 Å². The Morgan fingerprint density at radius 1 is 1.41 bits per heavy atom. The molecule has 0 aliphatic heterocycles. The third kappa shape index (κ3) is 2.23. The first-order valence-electron chi connectivity index (χ1n) is 5.67. The molecule has 3 N–H and O–H groups in total. The Morgan fingerprint density at radius 2 is 2.18 bits per heavy atom. The van der Waals surface area contributed by atoms with Crippen LogP contribution in [-0.2, 0) is 6.42 Å². The van der Waals surface area contributed by atoms with Gasteiger partial charge in [0.25, 0.3) is 0 Å². The number of hydrogen-bond donors (Lipinski definition) is 3. The van der Waals surface area contributed by atoms with E-state index in [-0.39, 0.29) is 5.56 Å². The number of pyridine rings is 1. The lowest BCUT2D eigenvalue weighted by atomic mass is 10.0. The van der Waals surface area contributed by atoms with Crippen LogP contribution in [0.3, 0.4) is 0 Å². The van der Waals surface area contributed by atoms with Crippen molar-refractivity contribution >= 4 is 10.9 Å². The topological polar surface area (TPSA) is 65.1 Å². The lowest BCUT2D eigenvalue weighted by Gasteiger charge is -2.13. The van der Waals surface area contributed by atoms with E-state index < -0.39 is 6.23 Å². The van der Waals surface area contributed by atoms with Crippen molar-refractivity contribution in [3.05, 3.63) is 45.7 Å². The summed E-state index contributed by atoms with van der Waals surface area (Å²) in [6.07, 6.45) is 0.0939. The largest absolute Gasteiger partial charge is 0.374 e. The predicted molar refractivity (Wildman–Crippen MR) is 68.0 cm³/mol. The quantitative estimate of drug-likeness (QED) is 0.699. The molecule has 4 nitrogen and oxygen atoms in total. The van der Waals surface area contributed by atoms with Crippen molar-refractivity contribution in [2.45, 2.75) is 19.6 Å². The number of aromatic nitrogens is 1. The fourth-order valence-electron chi connectivity index (χ4n) is 1.93. The average Bonchev–Trinajstić information content (AvgIpc) is 2.36. The van der Waals surface area contributed by atoms with Crippen LogP contribution in [0.1, 0.15) is 24.3 Å². The molecule has 4 heteroatoms. The zero-order chi connectivity index (χ0) is 12.4. The Balaban J connectivity index is 2.74. The van der Waals surface area contributed by atoms with Gasteiger partial charge in [-0.25, -0.2) is 0 Å². The Morgan fingerprint density at radius 3 is 2.82 bits per heavy atom. The van der Waals surface area contributed by atoms with Crippen LogP contribution in [0.4, 0.5) is 0 Å². The normalized spacial score (nSPS) is 12.9. The number of benzene rings is 1. The summed E-state index contributed by atoms with van der Waals surface area (Å²) in [5, 5.41) is 13.5. The highest BCUT2D eigenvalue weighted by Crippen LogP contribution is 2.21. The van der Waals surface area contributed by atoms with E-state index in [4.69, 9.17) is 0 Å². The molecule has 90 valence electrons. The molecule has 0 aliphatic rings. The predicted octanol–water partition coefficient (Wildman–Crippen LogP) is 1.30. The molecular weight excluding hydrogens is 216 g/mol. The maximum atomic E-state index is 11.5. The fraction of sp³-hybridized carbons (Fsp3) is 0.308. The molecule has 0 amide bonds. The number of fused-ring (bicyclic) bond motifs is 1. The average molecular weight is 232 g/mol. The van der Waals surface area contributed by atoms with Gasteiger partial charge >= 0.3 is 0 Å². The van der Waals surface area contributed by atoms with E-state index in [1.54, 1.807) is 7.05 Å². The summed E-state index contributed by atoms with van der Waals surface area (Å²) in [6, 6.07) is 7.29. The van der Waals surface area contributed by atoms with Crippen molar-refractivity contribution < 1.29 is 5.11 Å². The van der Waals surface area contributed by atoms with E-state index in [0.717, 1.165) is 17.3 Å². The molecule has 17 heavy (non-hydrogen) atoms. The van der Waals surface area contributed by atoms with Crippen LogP contribution in [0.5, 0.6) is 0 Å². The van der Waals surface area contributed by atoms with Crippen molar-refractivity contribution in [1.82, 2.24) is 10.3 Å². The molecule has 0 radical (unpaired) electrons. The molecule has 1 unspecified atom stereocenters. The lowest BCUT2D eigenvalue weighted by molar-refractivity contribution is 0.150. The van der Waals surface area contributed by atoms with Crippen LogP contribution in [0.2, 0.25) is 0 Å². The first-order valence-corrected chi connectivity index (χ1v) is 5.67. The van der Waals surface area contributed by atoms with Crippen LogP contribution in [0.15, 0.2) is 29.1 Å². The van der Waals surface area contributed by atoms with Gasteiger partial charge < -0.3 is 10.1 Å². The molecule has 0 fully saturated rings. The fourth-order valence-corrected chi connectivity index (χ4v) is 1.93. The minimum atomic E-state index is -0.827. The Bertz CT molecular complexity index is 589. The summed E-state index contributed by atoms with van der Waals surface area (Å²) in [5.41, 5.74) is 2.33. The van der Waals surface area contributed by atoms with Gasteiger partial charge in [0.2, 0.25) is 5.56 Å². The van der Waals surface area contributed by atoms with Gasteiger partial charge in [0, 0.05) is 22.5 Å². The van der Waals surface area contributed by atoms with Gasteiger partial charge in [-0.15, -0.1) is 0 Å². The molecular formula is C13H16N2O2. The van der Waals surface area contributed by atoms with Gasteiger partial charge in [0.15, 0.2) is 0 Å². The number of aromatic amines is 1. The highest BCUT2D eigenvalue weighted by atomic mass is 16.3. The zero-order valence-electron chi connectivity index (χ0n) is 9.95. The number of aliphatic hydroxyl groups is 1. The maximum absolute atomic E-state index is 11.5. The van der Waals surface area contributed by atoms with E-state index in [0.29, 0.717) is 5.56 Å². The first-order chi connectivity index (χ1) is 8.15. The number of nitrogens with one attached hydrogen (secondary N) is 2. The summed E-state index contributed by atoms with van der Waals surface area (Å²) in [6.45, 7) is 2.07. The second-order valence-corrected chi connectivity index (χ2v) is 4.01. The van der Waals surface area contributed by atoms with Crippen molar-refractivity contribution in [2.75, 3.05) is 7.05 Å². The van der Waals surface area contributed by atoms with Crippen molar-refractivity contribution in [1.29, 1.82) is 0 Å². The minimum absolute atomic E-state index is 0.203. The molecule has 1 heterocycles. The van der Waals surface area contributed by atoms with E-state index in [1.807, 2.05) is 18.2 Å². The van der Waals surface area contributed by atoms with Crippen LogP contribution < -0.4 is 10.9 Å². The number of aliphatic hydroxyl groups excluding tert-OH is 1. The van der Waals surface area contributed by atoms with E-state index >= 15 is 0 Å². The third-order valence-electron chi connectivity index (χ3n) is 2.92. The van der Waals surface area contributed by atoms with Gasteiger partial charge in [-0.05, 0) is 31.2 Å². The second kappa shape index (κ2) is 4.69. The zero-order valence-corrected chi connectivity index (χ0v) is 9.95. The number of rotatable bonds is 3. The van der Waals surface area contributed by atoms with Gasteiger partial charge in [-0.2, -0.15) is 0 Å². The summed E-state index contributed by atoms with van der Waals surface area (Å²) < 4.78 is 0. The van der Waals surface area contributed by atoms with Crippen LogP contribution >= 0.6 is 0 Å². The Labute approximate surface area is 99.3 Å². The molecule has 1 atom stereocenters. The summed E-state index contributed by atoms with van der Waals surface area (Å²) in [7, 11) is 1.65. The van der Waals surface area contributed by atoms with Crippen molar-refractivity contribution in [3.63, 3.8) is 0 Å². The van der Waals surface area contributed by atoms with Crippen molar-refractivity contribution in [3.8, 4) is 0 Å². The Kier molecular flexibility index (Phi) is 3.26. The summed E-state index contributed by atoms with van der Waals surface area (Å²) in [5.74, 6) is 0. The minimum Gasteiger partial charge on any atom is -0.374 e. The van der Waals surface area contributed by atoms with Crippen LogP contribution in [-0.4, -0.2) is 17.1 Å². The summed E-state index contributed by atoms with van der Waals surface area (Å²) in [4.78, 5) is 14.3. The van der Waals surface area contributed by atoms with Gasteiger partial charge in [-0.3, -0.25) is 10.1 Å². The molecule has 2 aromatic rings. The highest BCUT2D eigenvalue weighted by molar-refractivity contribution is 5.83. The van der Waals surface area contributed by atoms with E-state index in [2.05, 4.69) is 17.2 Å². The van der Waals surface area contributed by atoms with Crippen LogP contribution in [0, 0.1) is 0 Å². The standard InChI is InChI=1S/C13H16N2O2/c1-3-8-4-5-11-9(6-8)10(13(17)14-2)7-12(16)15-11/h4-7,13-14,17H,3H2,1-2H3,(H,15,16). The Hall–Kier alpha value is -1.65. The first kappa shape index (κ1) is 11.8. The summed E-state index contributed by atoms with van der Waals surface area (Å²) >= 11 is 0. The SMILES string of the molecule is CCc1ccc2[nH]c(=O)cc(C(O)NC)c2c1. The molecule has 0 bridgehead atoms. The lowest BCUT2D eigenvalue weighted by Crippen LogP contribution is -2.18. The maximum Gasteiger partial charge on any atom is 0.248 e. The van der Waals surface area contributed by atoms with Crippen molar-refractivity contribution in [2.24, 2.45) is 0 Å². The number of aryl methyl sites for hydroxylation is 1. The van der Waals surface area contributed by atoms with E-state index in [1.165, 1.54) is 11.6 Å². The van der Waals surface area contributed by atoms with Gasteiger partial charge in [-0.1, -0.05) is 13.0 Å². The molecule has 0 aliphatic carbocycles. The van der Waals surface area contributed by atoms with Gasteiger partial charge in [0.05, 0.1) is 0 Å². The number of H-pyrrole nitrogens is 1. The van der Waals surface area contributed by atoms with Gasteiger partial charge in [0.1, 0.15) is 6.23 Å². The smallest absolute Gasteiger partial charge is 0.248 e. The molecule has 0 saturated carbocycles. The molecule has 1 aromatic carbocycles. The number of hydrogen-bond acceptors (Lipinski definition) is 3. The molecule has 0 spiro atoms. The second-order valence-electron chi connectivity index (χ2n) is 4.01. The molecule has 0 saturated heterocycles. The molecule has 2 rings (SSSR count).